The number of rotatable bonds is 3. The van der Waals surface area contributed by atoms with Crippen LogP contribution in [0, 0.1) is 0 Å². The maximum absolute atomic E-state index is 12.6. The summed E-state index contributed by atoms with van der Waals surface area (Å²) in [5.41, 5.74) is 1.89. The van der Waals surface area contributed by atoms with E-state index in [1.165, 1.54) is 5.69 Å². The van der Waals surface area contributed by atoms with Crippen LogP contribution in [-0.4, -0.2) is 66.6 Å². The number of hydrogen-bond acceptors (Lipinski definition) is 6. The third-order valence-electron chi connectivity index (χ3n) is 4.68. The number of thioether (sulfide) groups is 1. The number of para-hydroxylation sites is 1. The van der Waals surface area contributed by atoms with Gasteiger partial charge in [0.15, 0.2) is 5.13 Å². The number of carbonyl (C=O) groups is 1. The van der Waals surface area contributed by atoms with E-state index in [0.717, 1.165) is 55.9 Å². The molecule has 5 nitrogen and oxygen atoms in total. The highest BCUT2D eigenvalue weighted by molar-refractivity contribution is 7.99. The predicted molar refractivity (Wildman–Crippen MR) is 106 cm³/mol. The van der Waals surface area contributed by atoms with Crippen molar-refractivity contribution in [3.63, 3.8) is 0 Å². The maximum Gasteiger partial charge on any atom is 0.273 e. The molecule has 25 heavy (non-hydrogen) atoms. The van der Waals surface area contributed by atoms with Crippen molar-refractivity contribution in [2.45, 2.75) is 0 Å². The van der Waals surface area contributed by atoms with Gasteiger partial charge in [0.25, 0.3) is 5.91 Å². The fourth-order valence-electron chi connectivity index (χ4n) is 3.23. The SMILES string of the molecule is O=C(c1csc(N2CCN(c3ccccc3)CC2)n1)N1CCSCC1. The van der Waals surface area contributed by atoms with Crippen molar-refractivity contribution in [1.29, 1.82) is 0 Å². The van der Waals surface area contributed by atoms with E-state index in [4.69, 9.17) is 0 Å². The molecule has 2 aliphatic heterocycles. The van der Waals surface area contributed by atoms with Gasteiger partial charge in [-0.3, -0.25) is 4.79 Å². The Morgan fingerprint density at radius 3 is 2.32 bits per heavy atom. The molecular formula is C18H22N4OS2. The number of hydrogen-bond donors (Lipinski definition) is 0. The summed E-state index contributed by atoms with van der Waals surface area (Å²) in [5.74, 6) is 2.15. The number of nitrogens with zero attached hydrogens (tertiary/aromatic N) is 4. The Labute approximate surface area is 156 Å². The summed E-state index contributed by atoms with van der Waals surface area (Å²) in [6.07, 6.45) is 0. The summed E-state index contributed by atoms with van der Waals surface area (Å²) < 4.78 is 0. The zero-order chi connectivity index (χ0) is 17.1. The van der Waals surface area contributed by atoms with E-state index in [0.29, 0.717) is 5.69 Å². The fourth-order valence-corrected chi connectivity index (χ4v) is 4.99. The van der Waals surface area contributed by atoms with E-state index >= 15 is 0 Å². The van der Waals surface area contributed by atoms with Gasteiger partial charge >= 0.3 is 0 Å². The summed E-state index contributed by atoms with van der Waals surface area (Å²) in [5, 5.41) is 2.89. The lowest BCUT2D eigenvalue weighted by atomic mass is 10.2. The first-order chi connectivity index (χ1) is 12.3. The number of aromatic nitrogens is 1. The van der Waals surface area contributed by atoms with Crippen LogP contribution in [0.25, 0.3) is 0 Å². The number of amides is 1. The highest BCUT2D eigenvalue weighted by Gasteiger charge is 2.24. The zero-order valence-corrected chi connectivity index (χ0v) is 15.8. The molecule has 1 aromatic heterocycles. The lowest BCUT2D eigenvalue weighted by molar-refractivity contribution is 0.0767. The standard InChI is InChI=1S/C18H22N4OS2/c23-17(21-10-12-24-13-11-21)16-14-25-18(19-16)22-8-6-20(7-9-22)15-4-2-1-3-5-15/h1-5,14H,6-13H2. The number of carbonyl (C=O) groups excluding carboxylic acids is 1. The Morgan fingerprint density at radius 2 is 1.60 bits per heavy atom. The van der Waals surface area contributed by atoms with Crippen molar-refractivity contribution in [3.8, 4) is 0 Å². The summed E-state index contributed by atoms with van der Waals surface area (Å²) in [4.78, 5) is 23.8. The predicted octanol–water partition coefficient (Wildman–Crippen LogP) is 2.66. The van der Waals surface area contributed by atoms with Crippen molar-refractivity contribution in [3.05, 3.63) is 41.4 Å². The van der Waals surface area contributed by atoms with Crippen molar-refractivity contribution >= 4 is 39.8 Å². The van der Waals surface area contributed by atoms with Gasteiger partial charge in [-0.2, -0.15) is 11.8 Å². The molecule has 0 bridgehead atoms. The number of piperazine rings is 1. The molecule has 0 atom stereocenters. The van der Waals surface area contributed by atoms with Crippen LogP contribution in [0.15, 0.2) is 35.7 Å². The zero-order valence-electron chi connectivity index (χ0n) is 14.1. The first-order valence-corrected chi connectivity index (χ1v) is 10.7. The summed E-state index contributed by atoms with van der Waals surface area (Å²) in [6.45, 7) is 5.53. The summed E-state index contributed by atoms with van der Waals surface area (Å²) >= 11 is 3.50. The van der Waals surface area contributed by atoms with Gasteiger partial charge in [-0.15, -0.1) is 11.3 Å². The van der Waals surface area contributed by atoms with E-state index in [-0.39, 0.29) is 5.91 Å². The van der Waals surface area contributed by atoms with Gasteiger partial charge in [-0.1, -0.05) is 18.2 Å². The molecule has 0 aliphatic carbocycles. The minimum absolute atomic E-state index is 0.0886. The Hall–Kier alpha value is -1.73. The molecule has 0 radical (unpaired) electrons. The highest BCUT2D eigenvalue weighted by atomic mass is 32.2. The average Bonchev–Trinajstić information content (AvgIpc) is 3.19. The number of thiazole rings is 1. The van der Waals surface area contributed by atoms with Crippen LogP contribution < -0.4 is 9.80 Å². The smallest absolute Gasteiger partial charge is 0.273 e. The molecule has 2 fully saturated rings. The lowest BCUT2D eigenvalue weighted by Crippen LogP contribution is -2.46. The minimum atomic E-state index is 0.0886. The van der Waals surface area contributed by atoms with Gasteiger partial charge in [0.2, 0.25) is 0 Å². The summed E-state index contributed by atoms with van der Waals surface area (Å²) in [6, 6.07) is 10.5. The van der Waals surface area contributed by atoms with Crippen LogP contribution in [-0.2, 0) is 0 Å². The van der Waals surface area contributed by atoms with Crippen LogP contribution in [0.5, 0.6) is 0 Å². The molecule has 0 saturated carbocycles. The van der Waals surface area contributed by atoms with Crippen LogP contribution in [0.4, 0.5) is 10.8 Å². The fraction of sp³-hybridized carbons (Fsp3) is 0.444. The Morgan fingerprint density at radius 1 is 0.920 bits per heavy atom. The quantitative estimate of drug-likeness (QED) is 0.826. The third kappa shape index (κ3) is 3.77. The molecule has 1 amide bonds. The first kappa shape index (κ1) is 16.7. The molecule has 132 valence electrons. The highest BCUT2D eigenvalue weighted by Crippen LogP contribution is 2.25. The Kier molecular flexibility index (Phi) is 5.12. The van der Waals surface area contributed by atoms with E-state index in [2.05, 4.69) is 45.1 Å². The number of benzene rings is 1. The molecule has 3 heterocycles. The Bertz CT molecular complexity index is 707. The second kappa shape index (κ2) is 7.66. The van der Waals surface area contributed by atoms with Crippen molar-refractivity contribution in [2.75, 3.05) is 60.6 Å². The van der Waals surface area contributed by atoms with Gasteiger partial charge < -0.3 is 14.7 Å². The van der Waals surface area contributed by atoms with E-state index < -0.39 is 0 Å². The largest absolute Gasteiger partial charge is 0.368 e. The molecule has 2 aromatic rings. The first-order valence-electron chi connectivity index (χ1n) is 8.69. The van der Waals surface area contributed by atoms with E-state index in [1.807, 2.05) is 22.0 Å². The molecule has 4 rings (SSSR count). The molecule has 0 spiro atoms. The van der Waals surface area contributed by atoms with Crippen LogP contribution in [0.1, 0.15) is 10.5 Å². The molecular weight excluding hydrogens is 352 g/mol. The number of anilines is 2. The normalized spacial score (nSPS) is 18.5. The Balaban J connectivity index is 1.37. The van der Waals surface area contributed by atoms with Gasteiger partial charge in [-0.25, -0.2) is 4.98 Å². The topological polar surface area (TPSA) is 39.7 Å². The second-order valence-electron chi connectivity index (χ2n) is 6.23. The molecule has 7 heteroatoms. The lowest BCUT2D eigenvalue weighted by Gasteiger charge is -2.36. The minimum Gasteiger partial charge on any atom is -0.368 e. The van der Waals surface area contributed by atoms with Crippen molar-refractivity contribution < 1.29 is 4.79 Å². The van der Waals surface area contributed by atoms with Gasteiger partial charge in [0, 0.05) is 61.8 Å². The van der Waals surface area contributed by atoms with Crippen molar-refractivity contribution in [2.24, 2.45) is 0 Å². The van der Waals surface area contributed by atoms with Crippen LogP contribution in [0.3, 0.4) is 0 Å². The van der Waals surface area contributed by atoms with E-state index in [1.54, 1.807) is 11.3 Å². The third-order valence-corrected chi connectivity index (χ3v) is 6.52. The maximum atomic E-state index is 12.6. The molecule has 0 N–H and O–H groups in total. The van der Waals surface area contributed by atoms with Crippen LogP contribution >= 0.6 is 23.1 Å². The van der Waals surface area contributed by atoms with Crippen molar-refractivity contribution in [1.82, 2.24) is 9.88 Å². The van der Waals surface area contributed by atoms with E-state index in [9.17, 15) is 4.79 Å². The molecule has 1 aromatic carbocycles. The molecule has 2 saturated heterocycles. The monoisotopic (exact) mass is 374 g/mol. The van der Waals surface area contributed by atoms with Gasteiger partial charge in [-0.05, 0) is 12.1 Å². The van der Waals surface area contributed by atoms with Gasteiger partial charge in [0.1, 0.15) is 5.69 Å². The van der Waals surface area contributed by atoms with Gasteiger partial charge in [0.05, 0.1) is 0 Å². The molecule has 0 unspecified atom stereocenters. The van der Waals surface area contributed by atoms with Crippen LogP contribution in [0.2, 0.25) is 0 Å². The molecule has 2 aliphatic rings. The second-order valence-corrected chi connectivity index (χ2v) is 8.29. The summed E-state index contributed by atoms with van der Waals surface area (Å²) in [7, 11) is 0. The average molecular weight is 375 g/mol.